The average molecular weight is 512 g/mol. The molecule has 1 N–H and O–H groups in total. The molecule has 0 radical (unpaired) electrons. The highest BCUT2D eigenvalue weighted by molar-refractivity contribution is 14.0. The number of ether oxygens (including phenoxy) is 4. The van der Waals surface area contributed by atoms with Crippen LogP contribution in [0.1, 0.15) is 12.0 Å². The molecule has 152 valence electrons. The molecule has 0 aromatic heterocycles. The third-order valence-electron chi connectivity index (χ3n) is 4.32. The molecule has 2 aliphatic rings. The largest absolute Gasteiger partial charge is 0.489 e. The number of hydrogen-bond donors (Lipinski definition) is 1. The lowest BCUT2D eigenvalue weighted by Crippen LogP contribution is -2.51. The van der Waals surface area contributed by atoms with E-state index >= 15 is 0 Å². The maximum Gasteiger partial charge on any atom is 0.194 e. The van der Waals surface area contributed by atoms with Gasteiger partial charge in [0, 0.05) is 40.2 Å². The Balaban J connectivity index is 0.00000261. The summed E-state index contributed by atoms with van der Waals surface area (Å²) < 4.78 is 22.3. The van der Waals surface area contributed by atoms with E-state index in [2.05, 4.69) is 15.2 Å². The van der Waals surface area contributed by atoms with E-state index in [4.69, 9.17) is 30.5 Å². The molecule has 0 spiro atoms. The second-order valence-electron chi connectivity index (χ2n) is 6.25. The summed E-state index contributed by atoms with van der Waals surface area (Å²) in [4.78, 5) is 6.57. The predicted octanol–water partition coefficient (Wildman–Crippen LogP) is 2.54. The number of rotatable bonds is 4. The molecule has 1 unspecified atom stereocenters. The molecule has 7 nitrogen and oxygen atoms in total. The predicted molar refractivity (Wildman–Crippen MR) is 116 cm³/mol. The van der Waals surface area contributed by atoms with Gasteiger partial charge in [0.15, 0.2) is 17.5 Å². The van der Waals surface area contributed by atoms with Crippen LogP contribution in [0.3, 0.4) is 0 Å². The summed E-state index contributed by atoms with van der Waals surface area (Å²) in [6.07, 6.45) is 0.907. The zero-order chi connectivity index (χ0) is 18.4. The van der Waals surface area contributed by atoms with Crippen LogP contribution in [0, 0.1) is 0 Å². The van der Waals surface area contributed by atoms with Gasteiger partial charge in [0.2, 0.25) is 0 Å². The number of fused-ring (bicyclic) bond motifs is 1. The number of benzene rings is 1. The maximum atomic E-state index is 6.37. The van der Waals surface area contributed by atoms with Crippen molar-refractivity contribution < 1.29 is 18.9 Å². The summed E-state index contributed by atoms with van der Waals surface area (Å²) in [6, 6.07) is 3.88. The molecular formula is C18H27ClIN3O4. The molecule has 0 aliphatic carbocycles. The molecule has 9 heteroatoms. The highest BCUT2D eigenvalue weighted by Gasteiger charge is 2.23. The second-order valence-corrected chi connectivity index (χ2v) is 6.66. The van der Waals surface area contributed by atoms with Crippen LogP contribution in [0.15, 0.2) is 17.1 Å². The minimum atomic E-state index is 0. The van der Waals surface area contributed by atoms with Gasteiger partial charge in [0.05, 0.1) is 37.6 Å². The summed E-state index contributed by atoms with van der Waals surface area (Å²) >= 11 is 6.37. The number of guanidine groups is 1. The number of nitrogens with one attached hydrogen (secondary N) is 1. The molecule has 27 heavy (non-hydrogen) atoms. The summed E-state index contributed by atoms with van der Waals surface area (Å²) in [5, 5.41) is 3.96. The molecule has 2 aliphatic heterocycles. The van der Waals surface area contributed by atoms with Gasteiger partial charge in [-0.1, -0.05) is 11.6 Å². The fraction of sp³-hybridized carbons (Fsp3) is 0.611. The van der Waals surface area contributed by atoms with Gasteiger partial charge >= 0.3 is 0 Å². The van der Waals surface area contributed by atoms with Gasteiger partial charge in [-0.25, -0.2) is 0 Å². The lowest BCUT2D eigenvalue weighted by atomic mass is 10.2. The van der Waals surface area contributed by atoms with Crippen LogP contribution in [0.4, 0.5) is 0 Å². The summed E-state index contributed by atoms with van der Waals surface area (Å²) in [5.74, 6) is 2.17. The summed E-state index contributed by atoms with van der Waals surface area (Å²) in [5.41, 5.74) is 1.02. The zero-order valence-electron chi connectivity index (χ0n) is 15.7. The minimum Gasteiger partial charge on any atom is -0.489 e. The van der Waals surface area contributed by atoms with Crippen molar-refractivity contribution in [2.75, 3.05) is 53.7 Å². The van der Waals surface area contributed by atoms with E-state index in [1.165, 1.54) is 0 Å². The first-order chi connectivity index (χ1) is 12.7. The number of halogens is 2. The van der Waals surface area contributed by atoms with Crippen molar-refractivity contribution in [2.45, 2.75) is 19.1 Å². The third-order valence-corrected chi connectivity index (χ3v) is 4.60. The second kappa shape index (κ2) is 11.1. The van der Waals surface area contributed by atoms with Crippen LogP contribution in [0.2, 0.25) is 5.02 Å². The molecule has 0 saturated carbocycles. The molecule has 1 aromatic carbocycles. The molecule has 0 amide bonds. The Bertz CT molecular complexity index is 645. The SMILES string of the molecule is CN=C(NCc1cc(Cl)c2c(c1)OCCCO2)N1CCOC(COC)C1.I. The monoisotopic (exact) mass is 511 g/mol. The van der Waals surface area contributed by atoms with E-state index < -0.39 is 0 Å². The van der Waals surface area contributed by atoms with E-state index in [0.717, 1.165) is 31.0 Å². The van der Waals surface area contributed by atoms with E-state index in [9.17, 15) is 0 Å². The maximum absolute atomic E-state index is 6.37. The Morgan fingerprint density at radius 1 is 1.33 bits per heavy atom. The smallest absolute Gasteiger partial charge is 0.194 e. The standard InChI is InChI=1S/C18H26ClN3O4.HI/c1-20-18(22-4-7-24-14(11-22)12-23-2)21-10-13-8-15(19)17-16(9-13)25-5-3-6-26-17;/h8-9,14H,3-7,10-12H2,1-2H3,(H,20,21);1H. The minimum absolute atomic E-state index is 0. The quantitative estimate of drug-likeness (QED) is 0.381. The Labute approximate surface area is 182 Å². The summed E-state index contributed by atoms with van der Waals surface area (Å²) in [7, 11) is 3.47. The van der Waals surface area contributed by atoms with Gasteiger partial charge < -0.3 is 29.2 Å². The Kier molecular flexibility index (Phi) is 9.20. The van der Waals surface area contributed by atoms with Crippen molar-refractivity contribution in [3.63, 3.8) is 0 Å². The van der Waals surface area contributed by atoms with Crippen LogP contribution in [0.25, 0.3) is 0 Å². The van der Waals surface area contributed by atoms with Crippen LogP contribution in [0.5, 0.6) is 11.5 Å². The normalized spacial score (nSPS) is 19.9. The summed E-state index contributed by atoms with van der Waals surface area (Å²) in [6.45, 7) is 4.62. The lowest BCUT2D eigenvalue weighted by molar-refractivity contribution is -0.0447. The molecule has 2 heterocycles. The fourth-order valence-corrected chi connectivity index (χ4v) is 3.39. The van der Waals surface area contributed by atoms with Crippen LogP contribution < -0.4 is 14.8 Å². The van der Waals surface area contributed by atoms with Crippen molar-refractivity contribution in [1.82, 2.24) is 10.2 Å². The molecule has 1 fully saturated rings. The molecule has 1 atom stereocenters. The Hall–Kier alpha value is -0.970. The van der Waals surface area contributed by atoms with Crippen molar-refractivity contribution in [3.05, 3.63) is 22.7 Å². The first-order valence-electron chi connectivity index (χ1n) is 8.85. The van der Waals surface area contributed by atoms with Gasteiger partial charge in [-0.15, -0.1) is 24.0 Å². The highest BCUT2D eigenvalue weighted by Crippen LogP contribution is 2.37. The molecular weight excluding hydrogens is 485 g/mol. The van der Waals surface area contributed by atoms with E-state index in [-0.39, 0.29) is 30.1 Å². The number of aliphatic imine (C=N–C) groups is 1. The highest BCUT2D eigenvalue weighted by atomic mass is 127. The zero-order valence-corrected chi connectivity index (χ0v) is 18.8. The molecule has 1 aromatic rings. The van der Waals surface area contributed by atoms with Crippen molar-refractivity contribution >= 4 is 41.5 Å². The van der Waals surface area contributed by atoms with Gasteiger partial charge in [-0.3, -0.25) is 4.99 Å². The van der Waals surface area contributed by atoms with Crippen molar-refractivity contribution in [1.29, 1.82) is 0 Å². The van der Waals surface area contributed by atoms with E-state index in [1.807, 2.05) is 12.1 Å². The van der Waals surface area contributed by atoms with Gasteiger partial charge in [-0.2, -0.15) is 0 Å². The number of hydrogen-bond acceptors (Lipinski definition) is 5. The Morgan fingerprint density at radius 3 is 2.93 bits per heavy atom. The van der Waals surface area contributed by atoms with Gasteiger partial charge in [-0.05, 0) is 17.7 Å². The van der Waals surface area contributed by atoms with Crippen LogP contribution in [-0.4, -0.2) is 70.6 Å². The van der Waals surface area contributed by atoms with Crippen LogP contribution >= 0.6 is 35.6 Å². The topological polar surface area (TPSA) is 64.6 Å². The van der Waals surface area contributed by atoms with Crippen molar-refractivity contribution in [2.24, 2.45) is 4.99 Å². The number of methoxy groups -OCH3 is 1. The molecule has 3 rings (SSSR count). The van der Waals surface area contributed by atoms with Gasteiger partial charge in [0.1, 0.15) is 0 Å². The number of morpholine rings is 1. The fourth-order valence-electron chi connectivity index (χ4n) is 3.10. The van der Waals surface area contributed by atoms with Crippen molar-refractivity contribution in [3.8, 4) is 11.5 Å². The molecule has 0 bridgehead atoms. The first kappa shape index (κ1) is 22.3. The lowest BCUT2D eigenvalue weighted by Gasteiger charge is -2.34. The number of nitrogens with zero attached hydrogens (tertiary/aromatic N) is 2. The van der Waals surface area contributed by atoms with Crippen LogP contribution in [-0.2, 0) is 16.0 Å². The third kappa shape index (κ3) is 6.00. The first-order valence-corrected chi connectivity index (χ1v) is 9.23. The van der Waals surface area contributed by atoms with Gasteiger partial charge in [0.25, 0.3) is 0 Å². The van der Waals surface area contributed by atoms with E-state index in [0.29, 0.717) is 49.5 Å². The molecule has 1 saturated heterocycles. The Morgan fingerprint density at radius 2 is 2.15 bits per heavy atom. The average Bonchev–Trinajstić information content (AvgIpc) is 2.89. The van der Waals surface area contributed by atoms with E-state index in [1.54, 1.807) is 14.2 Å².